The third-order valence-corrected chi connectivity index (χ3v) is 3.02. The first kappa shape index (κ1) is 11.7. The predicted molar refractivity (Wildman–Crippen MR) is 73.7 cm³/mol. The van der Waals surface area contributed by atoms with Crippen molar-refractivity contribution in [2.24, 2.45) is 0 Å². The van der Waals surface area contributed by atoms with Gasteiger partial charge in [-0.3, -0.25) is 0 Å². The highest BCUT2D eigenvalue weighted by Crippen LogP contribution is 2.24. The maximum atomic E-state index is 13.1. The summed E-state index contributed by atoms with van der Waals surface area (Å²) in [5.41, 5.74) is 2.60. The molecular formula is C16H12FNO. The summed E-state index contributed by atoms with van der Waals surface area (Å²) >= 11 is 0. The summed E-state index contributed by atoms with van der Waals surface area (Å²) in [6.07, 6.45) is 0. The van der Waals surface area contributed by atoms with E-state index in [2.05, 4.69) is 4.98 Å². The molecule has 19 heavy (non-hydrogen) atoms. The monoisotopic (exact) mass is 253 g/mol. The van der Waals surface area contributed by atoms with Crippen LogP contribution in [0.15, 0.2) is 54.6 Å². The Morgan fingerprint density at radius 3 is 2.74 bits per heavy atom. The van der Waals surface area contributed by atoms with Gasteiger partial charge in [0.25, 0.3) is 0 Å². The number of halogens is 1. The Morgan fingerprint density at radius 2 is 1.89 bits per heavy atom. The molecule has 94 valence electrons. The quantitative estimate of drug-likeness (QED) is 0.687. The molecule has 0 bridgehead atoms. The summed E-state index contributed by atoms with van der Waals surface area (Å²) in [6.45, 7) is 0. The van der Waals surface area contributed by atoms with Gasteiger partial charge in [-0.05, 0) is 36.4 Å². The van der Waals surface area contributed by atoms with Crippen LogP contribution in [-0.2, 0) is 0 Å². The number of fused-ring (bicyclic) bond motifs is 1. The number of aromatic nitrogens is 1. The van der Waals surface area contributed by atoms with Crippen LogP contribution in [0.25, 0.3) is 22.2 Å². The van der Waals surface area contributed by atoms with E-state index in [0.29, 0.717) is 0 Å². The van der Waals surface area contributed by atoms with E-state index in [0.717, 1.165) is 27.9 Å². The Morgan fingerprint density at radius 1 is 1.00 bits per heavy atom. The smallest absolute Gasteiger partial charge is 0.123 e. The standard InChI is InChI=1S/C16H12FNO/c1-19-14-4-2-3-11(10-14)15-7-5-12-9-13(17)6-8-16(12)18-15/h2-10H,1H3. The Labute approximate surface area is 110 Å². The molecule has 2 aromatic carbocycles. The van der Waals surface area contributed by atoms with Gasteiger partial charge in [-0.2, -0.15) is 0 Å². The molecule has 0 unspecified atom stereocenters. The van der Waals surface area contributed by atoms with Gasteiger partial charge in [0.1, 0.15) is 11.6 Å². The lowest BCUT2D eigenvalue weighted by molar-refractivity contribution is 0.415. The fourth-order valence-corrected chi connectivity index (χ4v) is 2.04. The normalized spacial score (nSPS) is 10.6. The molecule has 0 saturated carbocycles. The number of hydrogen-bond acceptors (Lipinski definition) is 2. The number of rotatable bonds is 2. The first-order valence-corrected chi connectivity index (χ1v) is 5.97. The molecule has 0 spiro atoms. The zero-order valence-electron chi connectivity index (χ0n) is 10.4. The third kappa shape index (κ3) is 2.27. The van der Waals surface area contributed by atoms with Crippen LogP contribution in [0.3, 0.4) is 0 Å². The number of ether oxygens (including phenoxy) is 1. The van der Waals surface area contributed by atoms with Gasteiger partial charge in [-0.15, -0.1) is 0 Å². The van der Waals surface area contributed by atoms with Crippen molar-refractivity contribution in [3.63, 3.8) is 0 Å². The topological polar surface area (TPSA) is 22.1 Å². The molecule has 1 heterocycles. The fraction of sp³-hybridized carbons (Fsp3) is 0.0625. The summed E-state index contributed by atoms with van der Waals surface area (Å²) in [7, 11) is 1.63. The van der Waals surface area contributed by atoms with Crippen molar-refractivity contribution in [1.29, 1.82) is 0 Å². The van der Waals surface area contributed by atoms with Crippen molar-refractivity contribution in [3.8, 4) is 17.0 Å². The molecule has 0 saturated heterocycles. The van der Waals surface area contributed by atoms with E-state index < -0.39 is 0 Å². The summed E-state index contributed by atoms with van der Waals surface area (Å²) in [5.74, 6) is 0.543. The van der Waals surface area contributed by atoms with E-state index in [4.69, 9.17) is 4.74 Å². The third-order valence-electron chi connectivity index (χ3n) is 3.02. The van der Waals surface area contributed by atoms with Gasteiger partial charge < -0.3 is 4.74 Å². The van der Waals surface area contributed by atoms with Crippen LogP contribution in [0.1, 0.15) is 0 Å². The minimum absolute atomic E-state index is 0.247. The second kappa shape index (κ2) is 4.69. The number of hydrogen-bond donors (Lipinski definition) is 0. The molecule has 0 amide bonds. The molecule has 0 N–H and O–H groups in total. The van der Waals surface area contributed by atoms with E-state index in [1.165, 1.54) is 12.1 Å². The van der Waals surface area contributed by atoms with Crippen LogP contribution in [0.5, 0.6) is 5.75 Å². The average molecular weight is 253 g/mol. The molecule has 3 rings (SSSR count). The minimum atomic E-state index is -0.247. The van der Waals surface area contributed by atoms with Crippen LogP contribution in [-0.4, -0.2) is 12.1 Å². The molecule has 3 heteroatoms. The highest BCUT2D eigenvalue weighted by atomic mass is 19.1. The van der Waals surface area contributed by atoms with Gasteiger partial charge in [0.05, 0.1) is 18.3 Å². The zero-order chi connectivity index (χ0) is 13.2. The lowest BCUT2D eigenvalue weighted by Crippen LogP contribution is -1.88. The SMILES string of the molecule is COc1cccc(-c2ccc3cc(F)ccc3n2)c1. The first-order valence-electron chi connectivity index (χ1n) is 5.97. The van der Waals surface area contributed by atoms with Crippen molar-refractivity contribution in [3.05, 3.63) is 60.4 Å². The maximum Gasteiger partial charge on any atom is 0.123 e. The summed E-state index contributed by atoms with van der Waals surface area (Å²) in [6, 6.07) is 16.1. The lowest BCUT2D eigenvalue weighted by atomic mass is 10.1. The van der Waals surface area contributed by atoms with Crippen LogP contribution in [0.2, 0.25) is 0 Å². The van der Waals surface area contributed by atoms with Gasteiger partial charge in [-0.25, -0.2) is 9.37 Å². The molecule has 2 nitrogen and oxygen atoms in total. The second-order valence-electron chi connectivity index (χ2n) is 4.27. The Bertz CT molecular complexity index is 740. The van der Waals surface area contributed by atoms with Crippen LogP contribution < -0.4 is 4.74 Å². The van der Waals surface area contributed by atoms with E-state index in [9.17, 15) is 4.39 Å². The highest BCUT2D eigenvalue weighted by molar-refractivity contribution is 5.81. The Hall–Kier alpha value is -2.42. The molecular weight excluding hydrogens is 241 g/mol. The fourth-order valence-electron chi connectivity index (χ4n) is 2.04. The Kier molecular flexibility index (Phi) is 2.88. The van der Waals surface area contributed by atoms with Crippen LogP contribution in [0.4, 0.5) is 4.39 Å². The molecule has 0 radical (unpaired) electrons. The average Bonchev–Trinajstić information content (AvgIpc) is 2.46. The van der Waals surface area contributed by atoms with Crippen molar-refractivity contribution in [2.45, 2.75) is 0 Å². The van der Waals surface area contributed by atoms with Crippen molar-refractivity contribution in [2.75, 3.05) is 7.11 Å². The van der Waals surface area contributed by atoms with Crippen LogP contribution in [0, 0.1) is 5.82 Å². The number of benzene rings is 2. The van der Waals surface area contributed by atoms with E-state index >= 15 is 0 Å². The largest absolute Gasteiger partial charge is 0.497 e. The maximum absolute atomic E-state index is 13.1. The minimum Gasteiger partial charge on any atom is -0.497 e. The molecule has 1 aromatic heterocycles. The highest BCUT2D eigenvalue weighted by Gasteiger charge is 2.03. The lowest BCUT2D eigenvalue weighted by Gasteiger charge is -2.05. The molecule has 0 aliphatic carbocycles. The number of methoxy groups -OCH3 is 1. The molecule has 0 aliphatic heterocycles. The second-order valence-corrected chi connectivity index (χ2v) is 4.27. The summed E-state index contributed by atoms with van der Waals surface area (Å²) < 4.78 is 18.3. The van der Waals surface area contributed by atoms with Gasteiger partial charge in [-0.1, -0.05) is 18.2 Å². The molecule has 0 fully saturated rings. The van der Waals surface area contributed by atoms with Gasteiger partial charge in [0, 0.05) is 10.9 Å². The zero-order valence-corrected chi connectivity index (χ0v) is 10.4. The number of pyridine rings is 1. The van der Waals surface area contributed by atoms with Crippen molar-refractivity contribution >= 4 is 10.9 Å². The van der Waals surface area contributed by atoms with Gasteiger partial charge >= 0.3 is 0 Å². The Balaban J connectivity index is 2.12. The van der Waals surface area contributed by atoms with E-state index in [1.807, 2.05) is 36.4 Å². The van der Waals surface area contributed by atoms with Gasteiger partial charge in [0.15, 0.2) is 0 Å². The molecule has 3 aromatic rings. The summed E-state index contributed by atoms with van der Waals surface area (Å²) in [5, 5.41) is 0.798. The molecule has 0 atom stereocenters. The number of nitrogens with zero attached hydrogens (tertiary/aromatic N) is 1. The van der Waals surface area contributed by atoms with Crippen molar-refractivity contribution < 1.29 is 9.13 Å². The van der Waals surface area contributed by atoms with Gasteiger partial charge in [0.2, 0.25) is 0 Å². The van der Waals surface area contributed by atoms with Crippen LogP contribution >= 0.6 is 0 Å². The predicted octanol–water partition coefficient (Wildman–Crippen LogP) is 4.05. The first-order chi connectivity index (χ1) is 9.26. The molecule has 0 aliphatic rings. The van der Waals surface area contributed by atoms with E-state index in [1.54, 1.807) is 13.2 Å². The summed E-state index contributed by atoms with van der Waals surface area (Å²) in [4.78, 5) is 4.54. The van der Waals surface area contributed by atoms with E-state index in [-0.39, 0.29) is 5.82 Å². The van der Waals surface area contributed by atoms with Crippen molar-refractivity contribution in [1.82, 2.24) is 4.98 Å².